The second kappa shape index (κ2) is 7.72. The largest absolute Gasteiger partial charge is 0.462 e. The SMILES string of the molecule is CCOC(=O)c1cn(Cc2cc(C3CC3)n[nH]2)cc(Oc2ccccc2)c1=O. The maximum atomic E-state index is 12.7. The van der Waals surface area contributed by atoms with Crippen molar-refractivity contribution in [1.82, 2.24) is 14.8 Å². The zero-order chi connectivity index (χ0) is 19.5. The molecule has 7 nitrogen and oxygen atoms in total. The Hall–Kier alpha value is -3.35. The Balaban J connectivity index is 1.67. The molecule has 0 unspecified atom stereocenters. The van der Waals surface area contributed by atoms with Crippen LogP contribution in [-0.2, 0) is 11.3 Å². The van der Waals surface area contributed by atoms with Crippen LogP contribution in [0.5, 0.6) is 11.5 Å². The number of esters is 1. The fourth-order valence-electron chi connectivity index (χ4n) is 2.98. The van der Waals surface area contributed by atoms with Gasteiger partial charge in [0.05, 0.1) is 30.7 Å². The lowest BCUT2D eigenvalue weighted by Gasteiger charge is -2.12. The highest BCUT2D eigenvalue weighted by atomic mass is 16.5. The summed E-state index contributed by atoms with van der Waals surface area (Å²) in [5.74, 6) is 0.470. The van der Waals surface area contributed by atoms with Gasteiger partial charge in [-0.1, -0.05) is 18.2 Å². The van der Waals surface area contributed by atoms with E-state index in [1.165, 1.54) is 19.0 Å². The molecule has 28 heavy (non-hydrogen) atoms. The standard InChI is InChI=1S/C21H21N3O4/c1-2-27-21(26)17-12-24(11-15-10-18(23-22-15)14-8-9-14)13-19(20(17)25)28-16-6-4-3-5-7-16/h3-7,10,12-14H,2,8-9,11H2,1H3,(H,22,23). The summed E-state index contributed by atoms with van der Waals surface area (Å²) in [6.45, 7) is 2.32. The lowest BCUT2D eigenvalue weighted by Crippen LogP contribution is -2.21. The molecule has 0 amide bonds. The highest BCUT2D eigenvalue weighted by Crippen LogP contribution is 2.39. The number of hydrogen-bond donors (Lipinski definition) is 1. The number of H-pyrrole nitrogens is 1. The van der Waals surface area contributed by atoms with Crippen molar-refractivity contribution in [2.45, 2.75) is 32.2 Å². The van der Waals surface area contributed by atoms with Crippen molar-refractivity contribution in [1.29, 1.82) is 0 Å². The number of para-hydroxylation sites is 1. The van der Waals surface area contributed by atoms with Crippen LogP contribution in [0.25, 0.3) is 0 Å². The van der Waals surface area contributed by atoms with Crippen molar-refractivity contribution in [2.75, 3.05) is 6.61 Å². The van der Waals surface area contributed by atoms with Crippen LogP contribution >= 0.6 is 0 Å². The highest BCUT2D eigenvalue weighted by Gasteiger charge is 2.26. The van der Waals surface area contributed by atoms with E-state index in [1.54, 1.807) is 29.8 Å². The number of rotatable bonds is 7. The summed E-state index contributed by atoms with van der Waals surface area (Å²) in [5.41, 5.74) is 1.40. The summed E-state index contributed by atoms with van der Waals surface area (Å²) in [7, 11) is 0. The van der Waals surface area contributed by atoms with Gasteiger partial charge in [0.1, 0.15) is 11.3 Å². The molecule has 1 fully saturated rings. The first-order valence-corrected chi connectivity index (χ1v) is 9.32. The molecule has 3 aromatic rings. The minimum Gasteiger partial charge on any atom is -0.462 e. The van der Waals surface area contributed by atoms with E-state index < -0.39 is 11.4 Å². The van der Waals surface area contributed by atoms with Crippen molar-refractivity contribution in [3.63, 3.8) is 0 Å². The van der Waals surface area contributed by atoms with Crippen molar-refractivity contribution >= 4 is 5.97 Å². The Bertz CT molecular complexity index is 1040. The van der Waals surface area contributed by atoms with Gasteiger partial charge in [0.25, 0.3) is 0 Å². The minimum absolute atomic E-state index is 0.0581. The molecule has 1 aromatic carbocycles. The monoisotopic (exact) mass is 379 g/mol. The fourth-order valence-corrected chi connectivity index (χ4v) is 2.98. The normalized spacial score (nSPS) is 13.3. The predicted octanol–water partition coefficient (Wildman–Crippen LogP) is 3.47. The van der Waals surface area contributed by atoms with Gasteiger partial charge >= 0.3 is 5.97 Å². The van der Waals surface area contributed by atoms with E-state index in [0.717, 1.165) is 11.4 Å². The molecule has 0 radical (unpaired) electrons. The average Bonchev–Trinajstić information content (AvgIpc) is 3.44. The third-order valence-electron chi connectivity index (χ3n) is 4.51. The van der Waals surface area contributed by atoms with Gasteiger partial charge in [0, 0.05) is 12.1 Å². The number of carbonyl (C=O) groups excluding carboxylic acids is 1. The Morgan fingerprint density at radius 1 is 1.25 bits per heavy atom. The molecular formula is C21H21N3O4. The maximum absolute atomic E-state index is 12.7. The summed E-state index contributed by atoms with van der Waals surface area (Å²) in [5, 5.41) is 7.37. The van der Waals surface area contributed by atoms with E-state index in [0.29, 0.717) is 18.2 Å². The van der Waals surface area contributed by atoms with Crippen molar-refractivity contribution in [3.05, 3.63) is 76.0 Å². The number of pyridine rings is 1. The topological polar surface area (TPSA) is 86.2 Å². The second-order valence-electron chi connectivity index (χ2n) is 6.77. The number of benzene rings is 1. The van der Waals surface area contributed by atoms with Gasteiger partial charge in [-0.25, -0.2) is 4.79 Å². The molecule has 0 aliphatic heterocycles. The van der Waals surface area contributed by atoms with E-state index in [1.807, 2.05) is 24.3 Å². The molecule has 0 atom stereocenters. The molecule has 0 spiro atoms. The van der Waals surface area contributed by atoms with Crippen LogP contribution in [0, 0.1) is 0 Å². The Morgan fingerprint density at radius 2 is 2.04 bits per heavy atom. The molecule has 2 heterocycles. The first-order valence-electron chi connectivity index (χ1n) is 9.32. The Labute approximate surface area is 161 Å². The van der Waals surface area contributed by atoms with E-state index >= 15 is 0 Å². The van der Waals surface area contributed by atoms with Crippen molar-refractivity contribution in [3.8, 4) is 11.5 Å². The smallest absolute Gasteiger partial charge is 0.343 e. The van der Waals surface area contributed by atoms with Gasteiger partial charge in [-0.15, -0.1) is 0 Å². The number of aromatic nitrogens is 3. The molecule has 1 aliphatic rings. The van der Waals surface area contributed by atoms with Gasteiger partial charge < -0.3 is 14.0 Å². The van der Waals surface area contributed by atoms with E-state index in [2.05, 4.69) is 10.2 Å². The number of nitrogens with one attached hydrogen (secondary N) is 1. The number of hydrogen-bond acceptors (Lipinski definition) is 5. The number of aromatic amines is 1. The van der Waals surface area contributed by atoms with Gasteiger partial charge in [-0.2, -0.15) is 5.10 Å². The van der Waals surface area contributed by atoms with Crippen LogP contribution in [-0.4, -0.2) is 27.3 Å². The molecule has 144 valence electrons. The van der Waals surface area contributed by atoms with Crippen LogP contribution < -0.4 is 10.2 Å². The molecule has 1 N–H and O–H groups in total. The maximum Gasteiger partial charge on any atom is 0.343 e. The summed E-state index contributed by atoms with van der Waals surface area (Å²) in [6, 6.07) is 11.0. The van der Waals surface area contributed by atoms with Crippen LogP contribution in [0.4, 0.5) is 0 Å². The third kappa shape index (κ3) is 3.98. The lowest BCUT2D eigenvalue weighted by atomic mass is 10.2. The van der Waals surface area contributed by atoms with E-state index in [9.17, 15) is 9.59 Å². The van der Waals surface area contributed by atoms with Crippen LogP contribution in [0.15, 0.2) is 53.6 Å². The number of carbonyl (C=O) groups is 1. The number of nitrogens with zero attached hydrogens (tertiary/aromatic N) is 2. The molecule has 4 rings (SSSR count). The Kier molecular flexibility index (Phi) is 4.97. The van der Waals surface area contributed by atoms with Crippen molar-refractivity contribution in [2.24, 2.45) is 0 Å². The summed E-state index contributed by atoms with van der Waals surface area (Å²) in [4.78, 5) is 25.0. The zero-order valence-corrected chi connectivity index (χ0v) is 15.6. The van der Waals surface area contributed by atoms with Gasteiger partial charge in [0.2, 0.25) is 5.43 Å². The van der Waals surface area contributed by atoms with Crippen molar-refractivity contribution < 1.29 is 14.3 Å². The summed E-state index contributed by atoms with van der Waals surface area (Å²) < 4.78 is 12.5. The summed E-state index contributed by atoms with van der Waals surface area (Å²) >= 11 is 0. The fraction of sp³-hybridized carbons (Fsp3) is 0.286. The zero-order valence-electron chi connectivity index (χ0n) is 15.6. The third-order valence-corrected chi connectivity index (χ3v) is 4.51. The van der Waals surface area contributed by atoms with E-state index in [4.69, 9.17) is 9.47 Å². The molecule has 7 heteroatoms. The second-order valence-corrected chi connectivity index (χ2v) is 6.77. The Morgan fingerprint density at radius 3 is 2.75 bits per heavy atom. The highest BCUT2D eigenvalue weighted by molar-refractivity contribution is 5.89. The lowest BCUT2D eigenvalue weighted by molar-refractivity contribution is 0.0523. The van der Waals surface area contributed by atoms with Crippen LogP contribution in [0.2, 0.25) is 0 Å². The molecule has 0 bridgehead atoms. The van der Waals surface area contributed by atoms with Gasteiger partial charge in [0.15, 0.2) is 5.75 Å². The molecular weight excluding hydrogens is 358 g/mol. The van der Waals surface area contributed by atoms with Crippen LogP contribution in [0.1, 0.15) is 47.4 Å². The summed E-state index contributed by atoms with van der Waals surface area (Å²) in [6.07, 6.45) is 5.43. The van der Waals surface area contributed by atoms with Crippen LogP contribution in [0.3, 0.4) is 0 Å². The molecule has 1 saturated carbocycles. The quantitative estimate of drug-likeness (QED) is 0.635. The minimum atomic E-state index is -0.664. The first kappa shape index (κ1) is 18.0. The average molecular weight is 379 g/mol. The number of ether oxygens (including phenoxy) is 2. The first-order chi connectivity index (χ1) is 13.6. The van der Waals surface area contributed by atoms with E-state index in [-0.39, 0.29) is 17.9 Å². The molecule has 2 aromatic heterocycles. The molecule has 0 saturated heterocycles. The predicted molar refractivity (Wildman–Crippen MR) is 103 cm³/mol. The van der Waals surface area contributed by atoms with Gasteiger partial charge in [-0.05, 0) is 38.0 Å². The molecule has 1 aliphatic carbocycles. The van der Waals surface area contributed by atoms with Gasteiger partial charge in [-0.3, -0.25) is 9.89 Å².